The van der Waals surface area contributed by atoms with Crippen LogP contribution in [0.2, 0.25) is 0 Å². The van der Waals surface area contributed by atoms with Crippen molar-refractivity contribution in [1.29, 1.82) is 0 Å². The minimum Gasteiger partial charge on any atom is -0.495 e. The van der Waals surface area contributed by atoms with E-state index in [-0.39, 0.29) is 22.0 Å². The first-order chi connectivity index (χ1) is 8.77. The van der Waals surface area contributed by atoms with E-state index in [4.69, 9.17) is 9.84 Å². The number of ether oxygens (including phenoxy) is 1. The van der Waals surface area contributed by atoms with Crippen LogP contribution >= 0.6 is 0 Å². The fraction of sp³-hybridized carbons (Fsp3) is 0.308. The third-order valence-electron chi connectivity index (χ3n) is 2.54. The lowest BCUT2D eigenvalue weighted by Crippen LogP contribution is -2.10. The van der Waals surface area contributed by atoms with Crippen molar-refractivity contribution in [3.05, 3.63) is 35.9 Å². The molecule has 1 aromatic carbocycles. The molecule has 1 aromatic rings. The maximum Gasteiger partial charge on any atom is 0.335 e. The smallest absolute Gasteiger partial charge is 0.335 e. The molecule has 0 aromatic heterocycles. The van der Waals surface area contributed by atoms with Gasteiger partial charge in [-0.25, -0.2) is 13.2 Å². The van der Waals surface area contributed by atoms with E-state index >= 15 is 0 Å². The number of rotatable bonds is 6. The highest BCUT2D eigenvalue weighted by Gasteiger charge is 2.21. The molecule has 5 nitrogen and oxygen atoms in total. The third-order valence-corrected chi connectivity index (χ3v) is 4.27. The number of hydrogen-bond donors (Lipinski definition) is 1. The zero-order valence-corrected chi connectivity index (χ0v) is 11.7. The first kappa shape index (κ1) is 15.2. The normalized spacial score (nSPS) is 11.1. The molecular formula is C13H16O5S. The van der Waals surface area contributed by atoms with E-state index in [1.165, 1.54) is 19.2 Å². The molecule has 0 spiro atoms. The van der Waals surface area contributed by atoms with Gasteiger partial charge in [-0.2, -0.15) is 0 Å². The second-order valence-electron chi connectivity index (χ2n) is 4.20. The van der Waals surface area contributed by atoms with E-state index in [0.717, 1.165) is 11.6 Å². The number of hydrogen-bond acceptors (Lipinski definition) is 4. The Labute approximate surface area is 112 Å². The van der Waals surface area contributed by atoms with Crippen molar-refractivity contribution in [3.63, 3.8) is 0 Å². The van der Waals surface area contributed by atoms with E-state index < -0.39 is 15.8 Å². The lowest BCUT2D eigenvalue weighted by Gasteiger charge is -2.10. The Kier molecular flexibility index (Phi) is 4.72. The lowest BCUT2D eigenvalue weighted by molar-refractivity contribution is 0.0696. The van der Waals surface area contributed by atoms with Crippen molar-refractivity contribution in [2.24, 2.45) is 0 Å². The first-order valence-electron chi connectivity index (χ1n) is 5.56. The van der Waals surface area contributed by atoms with Crippen molar-refractivity contribution in [2.45, 2.75) is 18.2 Å². The molecule has 1 rings (SSSR count). The average Bonchev–Trinajstić information content (AvgIpc) is 2.35. The van der Waals surface area contributed by atoms with Crippen LogP contribution in [0.5, 0.6) is 5.75 Å². The maximum atomic E-state index is 12.2. The number of methoxy groups -OCH3 is 1. The predicted octanol–water partition coefficient (Wildman–Crippen LogP) is 2.13. The molecular weight excluding hydrogens is 268 g/mol. The fourth-order valence-electron chi connectivity index (χ4n) is 1.47. The van der Waals surface area contributed by atoms with E-state index in [2.05, 4.69) is 6.58 Å². The molecule has 0 bridgehead atoms. The number of carboxylic acid groups (broad SMARTS) is 1. The van der Waals surface area contributed by atoms with Crippen molar-refractivity contribution >= 4 is 15.8 Å². The van der Waals surface area contributed by atoms with Gasteiger partial charge in [-0.1, -0.05) is 5.57 Å². The van der Waals surface area contributed by atoms with Crippen molar-refractivity contribution in [2.75, 3.05) is 12.9 Å². The summed E-state index contributed by atoms with van der Waals surface area (Å²) in [4.78, 5) is 10.8. The Bertz CT molecular complexity index is 601. The highest BCUT2D eigenvalue weighted by Crippen LogP contribution is 2.26. The number of allylic oxidation sites excluding steroid dienone is 1. The summed E-state index contributed by atoms with van der Waals surface area (Å²) < 4.78 is 29.3. The quantitative estimate of drug-likeness (QED) is 0.809. The monoisotopic (exact) mass is 284 g/mol. The minimum atomic E-state index is -3.60. The van der Waals surface area contributed by atoms with Crippen LogP contribution in [0.25, 0.3) is 0 Å². The van der Waals surface area contributed by atoms with E-state index in [1.54, 1.807) is 6.92 Å². The summed E-state index contributed by atoms with van der Waals surface area (Å²) in [6.07, 6.45) is 0.322. The van der Waals surface area contributed by atoms with Gasteiger partial charge < -0.3 is 9.84 Å². The Morgan fingerprint density at radius 1 is 1.42 bits per heavy atom. The van der Waals surface area contributed by atoms with Gasteiger partial charge in [0.1, 0.15) is 10.6 Å². The van der Waals surface area contributed by atoms with Crippen molar-refractivity contribution in [1.82, 2.24) is 0 Å². The molecule has 0 aliphatic rings. The highest BCUT2D eigenvalue weighted by atomic mass is 32.2. The van der Waals surface area contributed by atoms with Crippen LogP contribution in [0.15, 0.2) is 35.2 Å². The molecule has 0 saturated heterocycles. The molecule has 0 radical (unpaired) electrons. The number of sulfone groups is 1. The van der Waals surface area contributed by atoms with Crippen LogP contribution in [0.3, 0.4) is 0 Å². The predicted molar refractivity (Wildman–Crippen MR) is 71.4 cm³/mol. The van der Waals surface area contributed by atoms with E-state index in [9.17, 15) is 13.2 Å². The van der Waals surface area contributed by atoms with Crippen molar-refractivity contribution in [3.8, 4) is 5.75 Å². The molecule has 104 valence electrons. The van der Waals surface area contributed by atoms with Gasteiger partial charge in [0.25, 0.3) is 0 Å². The fourth-order valence-corrected chi connectivity index (χ4v) is 3.07. The summed E-state index contributed by atoms with van der Waals surface area (Å²) in [5.74, 6) is -1.16. The summed E-state index contributed by atoms with van der Waals surface area (Å²) in [7, 11) is -2.26. The summed E-state index contributed by atoms with van der Waals surface area (Å²) in [6.45, 7) is 5.39. The molecule has 0 unspecified atom stereocenters. The van der Waals surface area contributed by atoms with Crippen LogP contribution < -0.4 is 4.74 Å². The molecule has 6 heteroatoms. The average molecular weight is 284 g/mol. The van der Waals surface area contributed by atoms with E-state index in [0.29, 0.717) is 6.42 Å². The number of carbonyl (C=O) groups is 1. The van der Waals surface area contributed by atoms with Gasteiger partial charge in [0.15, 0.2) is 9.84 Å². The van der Waals surface area contributed by atoms with Gasteiger partial charge in [0.2, 0.25) is 0 Å². The minimum absolute atomic E-state index is 0.0882. The Balaban J connectivity index is 3.26. The standard InChI is InChI=1S/C13H16O5S/c1-9(2)6-7-19(16,17)12-8-10(13(14)15)4-5-11(12)18-3/h4-5,8H,1,6-7H2,2-3H3,(H,14,15). The molecule has 0 aliphatic heterocycles. The second kappa shape index (κ2) is 5.88. The van der Waals surface area contributed by atoms with E-state index in [1.807, 2.05) is 0 Å². The number of benzene rings is 1. The molecule has 1 N–H and O–H groups in total. The summed E-state index contributed by atoms with van der Waals surface area (Å²) >= 11 is 0. The van der Waals surface area contributed by atoms with Gasteiger partial charge in [0.05, 0.1) is 18.4 Å². The van der Waals surface area contributed by atoms with Gasteiger partial charge in [-0.05, 0) is 31.5 Å². The second-order valence-corrected chi connectivity index (χ2v) is 6.27. The molecule has 0 heterocycles. The van der Waals surface area contributed by atoms with Crippen LogP contribution in [0.4, 0.5) is 0 Å². The van der Waals surface area contributed by atoms with Crippen molar-refractivity contribution < 1.29 is 23.1 Å². The summed E-state index contributed by atoms with van der Waals surface area (Å²) in [5, 5.41) is 8.91. The topological polar surface area (TPSA) is 80.7 Å². The molecule has 0 saturated carbocycles. The van der Waals surface area contributed by atoms with Crippen LogP contribution in [-0.4, -0.2) is 32.4 Å². The molecule has 0 fully saturated rings. The Morgan fingerprint density at radius 3 is 2.53 bits per heavy atom. The third kappa shape index (κ3) is 3.82. The molecule has 0 amide bonds. The number of carboxylic acids is 1. The van der Waals surface area contributed by atoms with Gasteiger partial charge in [0, 0.05) is 0 Å². The summed E-state index contributed by atoms with van der Waals surface area (Å²) in [6, 6.07) is 3.77. The van der Waals surface area contributed by atoms with Crippen LogP contribution in [-0.2, 0) is 9.84 Å². The SMILES string of the molecule is C=C(C)CCS(=O)(=O)c1cc(C(=O)O)ccc1OC. The largest absolute Gasteiger partial charge is 0.495 e. The highest BCUT2D eigenvalue weighted by molar-refractivity contribution is 7.91. The summed E-state index contributed by atoms with van der Waals surface area (Å²) in [5.41, 5.74) is 0.659. The zero-order valence-electron chi connectivity index (χ0n) is 10.8. The van der Waals surface area contributed by atoms with Gasteiger partial charge in [-0.3, -0.25) is 0 Å². The van der Waals surface area contributed by atoms with Gasteiger partial charge >= 0.3 is 5.97 Å². The molecule has 19 heavy (non-hydrogen) atoms. The van der Waals surface area contributed by atoms with Crippen LogP contribution in [0, 0.1) is 0 Å². The molecule has 0 atom stereocenters. The number of aromatic carboxylic acids is 1. The first-order valence-corrected chi connectivity index (χ1v) is 7.21. The zero-order chi connectivity index (χ0) is 14.6. The molecule has 0 aliphatic carbocycles. The van der Waals surface area contributed by atoms with Gasteiger partial charge in [-0.15, -0.1) is 6.58 Å². The Morgan fingerprint density at radius 2 is 2.05 bits per heavy atom. The lowest BCUT2D eigenvalue weighted by atomic mass is 10.2. The van der Waals surface area contributed by atoms with Crippen LogP contribution in [0.1, 0.15) is 23.7 Å². The maximum absolute atomic E-state index is 12.2. The Hall–Kier alpha value is -1.82.